The third-order valence-corrected chi connectivity index (χ3v) is 2.07. The molecule has 4 heteroatoms. The molecule has 0 radical (unpaired) electrons. The number of rotatable bonds is 3. The largest absolute Gasteiger partial charge is 0.504 e. The molecule has 0 bridgehead atoms. The Kier molecular flexibility index (Phi) is 3.06. The van der Waals surface area contributed by atoms with E-state index < -0.39 is 0 Å². The Morgan fingerprint density at radius 2 is 1.57 bits per heavy atom. The van der Waals surface area contributed by atoms with Gasteiger partial charge in [-0.1, -0.05) is 0 Å². The molecule has 1 rings (SSSR count). The van der Waals surface area contributed by atoms with Gasteiger partial charge < -0.3 is 19.3 Å². The topological polar surface area (TPSA) is 47.9 Å². The van der Waals surface area contributed by atoms with Gasteiger partial charge in [-0.3, -0.25) is 0 Å². The van der Waals surface area contributed by atoms with E-state index in [0.29, 0.717) is 22.8 Å². The first-order chi connectivity index (χ1) is 6.65. The van der Waals surface area contributed by atoms with Crippen LogP contribution in [-0.2, 0) is 0 Å². The predicted octanol–water partition coefficient (Wildman–Crippen LogP) is 1.73. The molecule has 1 aromatic carbocycles. The van der Waals surface area contributed by atoms with E-state index >= 15 is 0 Å². The van der Waals surface area contributed by atoms with Crippen LogP contribution >= 0.6 is 0 Å². The molecule has 0 spiro atoms. The lowest BCUT2D eigenvalue weighted by atomic mass is 10.1. The molecule has 14 heavy (non-hydrogen) atoms. The van der Waals surface area contributed by atoms with Gasteiger partial charge >= 0.3 is 0 Å². The summed E-state index contributed by atoms with van der Waals surface area (Å²) < 4.78 is 15.1. The molecule has 1 N–H and O–H groups in total. The highest BCUT2D eigenvalue weighted by molar-refractivity contribution is 5.60. The quantitative estimate of drug-likeness (QED) is 0.803. The van der Waals surface area contributed by atoms with E-state index in [4.69, 9.17) is 14.2 Å². The summed E-state index contributed by atoms with van der Waals surface area (Å²) in [6.45, 7) is 1.75. The highest BCUT2D eigenvalue weighted by Crippen LogP contribution is 2.43. The molecule has 0 atom stereocenters. The minimum Gasteiger partial charge on any atom is -0.504 e. The number of methoxy groups -OCH3 is 3. The number of aromatic hydroxyl groups is 1. The lowest BCUT2D eigenvalue weighted by Gasteiger charge is -2.13. The molecular weight excluding hydrogens is 184 g/mol. The normalized spacial score (nSPS) is 9.71. The number of hydrogen-bond donors (Lipinski definition) is 1. The summed E-state index contributed by atoms with van der Waals surface area (Å²) >= 11 is 0. The third kappa shape index (κ3) is 1.55. The van der Waals surface area contributed by atoms with Crippen molar-refractivity contribution in [3.8, 4) is 23.0 Å². The SMILES string of the molecule is COc1cc(OC)c(OC)c(O)c1C. The van der Waals surface area contributed by atoms with Crippen LogP contribution in [0.4, 0.5) is 0 Å². The minimum atomic E-state index is 0.0451. The van der Waals surface area contributed by atoms with Crippen LogP contribution in [-0.4, -0.2) is 26.4 Å². The van der Waals surface area contributed by atoms with E-state index in [9.17, 15) is 5.11 Å². The van der Waals surface area contributed by atoms with Crippen molar-refractivity contribution in [1.82, 2.24) is 0 Å². The van der Waals surface area contributed by atoms with Crippen molar-refractivity contribution >= 4 is 0 Å². The Morgan fingerprint density at radius 3 is 2.00 bits per heavy atom. The van der Waals surface area contributed by atoms with Crippen LogP contribution in [0.2, 0.25) is 0 Å². The van der Waals surface area contributed by atoms with Gasteiger partial charge in [0, 0.05) is 11.6 Å². The molecule has 0 amide bonds. The maximum absolute atomic E-state index is 9.74. The van der Waals surface area contributed by atoms with Crippen LogP contribution in [0.5, 0.6) is 23.0 Å². The average molecular weight is 198 g/mol. The number of phenols is 1. The summed E-state index contributed by atoms with van der Waals surface area (Å²) in [7, 11) is 4.52. The van der Waals surface area contributed by atoms with Crippen LogP contribution in [0, 0.1) is 6.92 Å². The molecule has 1 aromatic rings. The Balaban J connectivity index is 3.38. The van der Waals surface area contributed by atoms with E-state index in [1.54, 1.807) is 13.0 Å². The third-order valence-electron chi connectivity index (χ3n) is 2.07. The second kappa shape index (κ2) is 4.09. The van der Waals surface area contributed by atoms with E-state index in [1.165, 1.54) is 21.3 Å². The van der Waals surface area contributed by atoms with Gasteiger partial charge in [0.25, 0.3) is 0 Å². The highest BCUT2D eigenvalue weighted by Gasteiger charge is 2.16. The fourth-order valence-corrected chi connectivity index (χ4v) is 1.26. The first-order valence-electron chi connectivity index (χ1n) is 4.14. The Labute approximate surface area is 83.0 Å². The molecule has 78 valence electrons. The summed E-state index contributed by atoms with van der Waals surface area (Å²) in [5.41, 5.74) is 0.630. The van der Waals surface area contributed by atoms with Gasteiger partial charge in [0.2, 0.25) is 5.75 Å². The van der Waals surface area contributed by atoms with Gasteiger partial charge in [-0.15, -0.1) is 0 Å². The van der Waals surface area contributed by atoms with Crippen molar-refractivity contribution in [2.24, 2.45) is 0 Å². The fraction of sp³-hybridized carbons (Fsp3) is 0.400. The van der Waals surface area contributed by atoms with E-state index in [1.807, 2.05) is 0 Å². The number of ether oxygens (including phenoxy) is 3. The number of benzene rings is 1. The molecular formula is C10H14O4. The zero-order valence-corrected chi connectivity index (χ0v) is 8.75. The van der Waals surface area contributed by atoms with Crippen molar-refractivity contribution in [2.75, 3.05) is 21.3 Å². The summed E-state index contributed by atoms with van der Waals surface area (Å²) in [6.07, 6.45) is 0. The molecule has 0 aliphatic rings. The van der Waals surface area contributed by atoms with Gasteiger partial charge in [0.05, 0.1) is 21.3 Å². The van der Waals surface area contributed by atoms with Crippen molar-refractivity contribution in [2.45, 2.75) is 6.92 Å². The fourth-order valence-electron chi connectivity index (χ4n) is 1.26. The van der Waals surface area contributed by atoms with Crippen LogP contribution in [0.15, 0.2) is 6.07 Å². The Morgan fingerprint density at radius 1 is 1.00 bits per heavy atom. The first-order valence-corrected chi connectivity index (χ1v) is 4.14. The van der Waals surface area contributed by atoms with Crippen molar-refractivity contribution < 1.29 is 19.3 Å². The Hall–Kier alpha value is -1.58. The summed E-state index contributed by atoms with van der Waals surface area (Å²) in [5.74, 6) is 1.39. The van der Waals surface area contributed by atoms with Crippen LogP contribution in [0.25, 0.3) is 0 Å². The van der Waals surface area contributed by atoms with Crippen LogP contribution in [0.3, 0.4) is 0 Å². The first kappa shape index (κ1) is 10.5. The van der Waals surface area contributed by atoms with Crippen molar-refractivity contribution in [1.29, 1.82) is 0 Å². The molecule has 0 aliphatic heterocycles. The molecule has 0 aliphatic carbocycles. The molecule has 0 heterocycles. The zero-order chi connectivity index (χ0) is 10.7. The maximum Gasteiger partial charge on any atom is 0.203 e. The van der Waals surface area contributed by atoms with E-state index in [2.05, 4.69) is 0 Å². The number of phenolic OH excluding ortho intramolecular Hbond substituents is 1. The van der Waals surface area contributed by atoms with Gasteiger partial charge in [-0.2, -0.15) is 0 Å². The second-order valence-electron chi connectivity index (χ2n) is 2.79. The molecule has 0 fully saturated rings. The monoisotopic (exact) mass is 198 g/mol. The zero-order valence-electron chi connectivity index (χ0n) is 8.75. The van der Waals surface area contributed by atoms with E-state index in [0.717, 1.165) is 0 Å². The lowest BCUT2D eigenvalue weighted by molar-refractivity contribution is 0.325. The van der Waals surface area contributed by atoms with Crippen LogP contribution < -0.4 is 14.2 Å². The maximum atomic E-state index is 9.74. The molecule has 0 aromatic heterocycles. The van der Waals surface area contributed by atoms with Crippen LogP contribution in [0.1, 0.15) is 5.56 Å². The smallest absolute Gasteiger partial charge is 0.203 e. The standard InChI is InChI=1S/C10H14O4/c1-6-7(12-2)5-8(13-3)10(14-4)9(6)11/h5,11H,1-4H3. The lowest BCUT2D eigenvalue weighted by Crippen LogP contribution is -1.95. The van der Waals surface area contributed by atoms with Gasteiger partial charge in [-0.05, 0) is 6.92 Å². The van der Waals surface area contributed by atoms with Gasteiger partial charge in [-0.25, -0.2) is 0 Å². The predicted molar refractivity (Wildman–Crippen MR) is 52.5 cm³/mol. The van der Waals surface area contributed by atoms with Crippen molar-refractivity contribution in [3.05, 3.63) is 11.6 Å². The Bertz CT molecular complexity index is 333. The molecule has 0 unspecified atom stereocenters. The van der Waals surface area contributed by atoms with E-state index in [-0.39, 0.29) is 5.75 Å². The molecule has 4 nitrogen and oxygen atoms in total. The van der Waals surface area contributed by atoms with Gasteiger partial charge in [0.15, 0.2) is 11.5 Å². The van der Waals surface area contributed by atoms with Gasteiger partial charge in [0.1, 0.15) is 5.75 Å². The highest BCUT2D eigenvalue weighted by atomic mass is 16.5. The van der Waals surface area contributed by atoms with Crippen molar-refractivity contribution in [3.63, 3.8) is 0 Å². The average Bonchev–Trinajstić information content (AvgIpc) is 2.21. The molecule has 0 saturated heterocycles. The summed E-state index contributed by atoms with van der Waals surface area (Å²) in [5, 5.41) is 9.74. The second-order valence-corrected chi connectivity index (χ2v) is 2.79. The number of hydrogen-bond acceptors (Lipinski definition) is 4. The molecule has 0 saturated carbocycles. The summed E-state index contributed by atoms with van der Waals surface area (Å²) in [4.78, 5) is 0. The minimum absolute atomic E-state index is 0.0451. The summed E-state index contributed by atoms with van der Waals surface area (Å²) in [6, 6.07) is 1.67.